The fourth-order valence-electron chi connectivity index (χ4n) is 4.10. The van der Waals surface area contributed by atoms with Crippen molar-refractivity contribution in [3.63, 3.8) is 0 Å². The summed E-state index contributed by atoms with van der Waals surface area (Å²) < 4.78 is 27.4. The summed E-state index contributed by atoms with van der Waals surface area (Å²) in [5.41, 5.74) is 1.01. The highest BCUT2D eigenvalue weighted by Crippen LogP contribution is 2.26. The van der Waals surface area contributed by atoms with Crippen molar-refractivity contribution in [3.05, 3.63) is 29.8 Å². The van der Waals surface area contributed by atoms with Crippen molar-refractivity contribution < 1.29 is 13.2 Å². The van der Waals surface area contributed by atoms with Gasteiger partial charge in [0, 0.05) is 19.1 Å². The molecule has 1 N–H and O–H groups in total. The van der Waals surface area contributed by atoms with Crippen molar-refractivity contribution in [2.75, 3.05) is 26.2 Å². The minimum atomic E-state index is -3.65. The van der Waals surface area contributed by atoms with Gasteiger partial charge >= 0.3 is 0 Å². The number of carbonyl (C=O) groups is 1. The molecular formula is C21H33N3O3S. The summed E-state index contributed by atoms with van der Waals surface area (Å²) in [6, 6.07) is 6.48. The summed E-state index contributed by atoms with van der Waals surface area (Å²) in [5.74, 6) is 0.600. The third-order valence-corrected chi connectivity index (χ3v) is 8.07. The molecule has 0 bridgehead atoms. The summed E-state index contributed by atoms with van der Waals surface area (Å²) in [4.78, 5) is 15.5. The molecule has 2 aliphatic heterocycles. The Hall–Kier alpha value is -1.44. The largest absolute Gasteiger partial charge is 0.353 e. The molecule has 2 saturated heterocycles. The number of carbonyl (C=O) groups excluding carboxylic acids is 1. The number of sulfonamides is 1. The minimum absolute atomic E-state index is 0.176. The quantitative estimate of drug-likeness (QED) is 0.786. The Morgan fingerprint density at radius 1 is 1.14 bits per heavy atom. The van der Waals surface area contributed by atoms with E-state index in [0.717, 1.165) is 24.6 Å². The standard InChI is InChI=1S/C21H33N3O3S/c1-16-6-8-19(9-7-16)28(26,27)24-12-4-5-20(24)21(25)22-15-18(3)23-13-10-17(2)11-14-23/h6-9,17-18,20H,4-5,10-15H2,1-3H3,(H,22,25)/t18?,20-/m0/s1. The molecule has 0 saturated carbocycles. The molecule has 2 aliphatic rings. The van der Waals surface area contributed by atoms with Gasteiger partial charge in [0.2, 0.25) is 15.9 Å². The summed E-state index contributed by atoms with van der Waals surface area (Å²) in [6.07, 6.45) is 3.68. The zero-order valence-corrected chi connectivity index (χ0v) is 18.0. The minimum Gasteiger partial charge on any atom is -0.353 e. The Labute approximate surface area is 169 Å². The lowest BCUT2D eigenvalue weighted by atomic mass is 9.98. The second kappa shape index (κ2) is 8.93. The first-order valence-corrected chi connectivity index (χ1v) is 11.8. The lowest BCUT2D eigenvalue weighted by molar-refractivity contribution is -0.124. The monoisotopic (exact) mass is 407 g/mol. The van der Waals surface area contributed by atoms with Crippen molar-refractivity contribution in [1.29, 1.82) is 0 Å². The van der Waals surface area contributed by atoms with Crippen LogP contribution in [0.5, 0.6) is 0 Å². The highest BCUT2D eigenvalue weighted by atomic mass is 32.2. The summed E-state index contributed by atoms with van der Waals surface area (Å²) >= 11 is 0. The number of likely N-dealkylation sites (tertiary alicyclic amines) is 1. The number of nitrogens with zero attached hydrogens (tertiary/aromatic N) is 2. The lowest BCUT2D eigenvalue weighted by Crippen LogP contribution is -2.50. The van der Waals surface area contributed by atoms with E-state index in [1.807, 2.05) is 6.92 Å². The molecule has 1 aromatic rings. The van der Waals surface area contributed by atoms with E-state index < -0.39 is 16.1 Å². The molecule has 156 valence electrons. The average molecular weight is 408 g/mol. The van der Waals surface area contributed by atoms with Crippen LogP contribution in [-0.2, 0) is 14.8 Å². The number of hydrogen-bond acceptors (Lipinski definition) is 4. The van der Waals surface area contributed by atoms with E-state index >= 15 is 0 Å². The van der Waals surface area contributed by atoms with E-state index in [-0.39, 0.29) is 16.8 Å². The van der Waals surface area contributed by atoms with Crippen LogP contribution in [0, 0.1) is 12.8 Å². The Balaban J connectivity index is 1.60. The number of piperidine rings is 1. The van der Waals surface area contributed by atoms with Gasteiger partial charge in [0.15, 0.2) is 0 Å². The molecule has 2 atom stereocenters. The first-order valence-electron chi connectivity index (χ1n) is 10.4. The predicted octanol–water partition coefficient (Wildman–Crippen LogP) is 2.38. The van der Waals surface area contributed by atoms with E-state index in [4.69, 9.17) is 0 Å². The van der Waals surface area contributed by atoms with Crippen LogP contribution >= 0.6 is 0 Å². The van der Waals surface area contributed by atoms with E-state index in [1.165, 1.54) is 17.1 Å². The van der Waals surface area contributed by atoms with Crippen molar-refractivity contribution >= 4 is 15.9 Å². The maximum Gasteiger partial charge on any atom is 0.243 e. The Bertz CT molecular complexity index is 771. The zero-order chi connectivity index (χ0) is 20.3. The molecule has 0 radical (unpaired) electrons. The van der Waals surface area contributed by atoms with Crippen molar-refractivity contribution in [2.45, 2.75) is 63.4 Å². The fraction of sp³-hybridized carbons (Fsp3) is 0.667. The van der Waals surface area contributed by atoms with Gasteiger partial charge in [-0.1, -0.05) is 24.6 Å². The molecule has 6 nitrogen and oxygen atoms in total. The van der Waals surface area contributed by atoms with Gasteiger partial charge in [0.1, 0.15) is 6.04 Å². The molecule has 0 aromatic heterocycles. The van der Waals surface area contributed by atoms with Crippen LogP contribution in [0.4, 0.5) is 0 Å². The van der Waals surface area contributed by atoms with Gasteiger partial charge in [0.25, 0.3) is 0 Å². The number of nitrogens with one attached hydrogen (secondary N) is 1. The number of benzene rings is 1. The third-order valence-electron chi connectivity index (χ3n) is 6.15. The first kappa shape index (κ1) is 21.3. The molecule has 0 aliphatic carbocycles. The van der Waals surface area contributed by atoms with Crippen LogP contribution in [0.1, 0.15) is 45.1 Å². The first-order chi connectivity index (χ1) is 13.3. The van der Waals surface area contributed by atoms with E-state index in [2.05, 4.69) is 24.1 Å². The molecule has 3 rings (SSSR count). The summed E-state index contributed by atoms with van der Waals surface area (Å²) in [5, 5.41) is 3.01. The van der Waals surface area contributed by atoms with Gasteiger partial charge in [-0.15, -0.1) is 0 Å². The topological polar surface area (TPSA) is 69.7 Å². The Morgan fingerprint density at radius 2 is 1.79 bits per heavy atom. The maximum atomic E-state index is 13.0. The Morgan fingerprint density at radius 3 is 2.43 bits per heavy atom. The van der Waals surface area contributed by atoms with Gasteiger partial charge < -0.3 is 5.32 Å². The fourth-order valence-corrected chi connectivity index (χ4v) is 5.76. The number of aryl methyl sites for hydroxylation is 1. The summed E-state index contributed by atoms with van der Waals surface area (Å²) in [6.45, 7) is 9.42. The summed E-state index contributed by atoms with van der Waals surface area (Å²) in [7, 11) is -3.65. The number of amides is 1. The second-order valence-electron chi connectivity index (χ2n) is 8.40. The molecule has 1 aromatic carbocycles. The third kappa shape index (κ3) is 4.75. The highest BCUT2D eigenvalue weighted by molar-refractivity contribution is 7.89. The van der Waals surface area contributed by atoms with Crippen LogP contribution in [0.2, 0.25) is 0 Å². The molecule has 2 heterocycles. The van der Waals surface area contributed by atoms with Gasteiger partial charge in [0.05, 0.1) is 4.90 Å². The van der Waals surface area contributed by atoms with Crippen LogP contribution in [0.3, 0.4) is 0 Å². The highest BCUT2D eigenvalue weighted by Gasteiger charge is 2.39. The van der Waals surface area contributed by atoms with Crippen LogP contribution in [0.15, 0.2) is 29.2 Å². The van der Waals surface area contributed by atoms with Crippen LogP contribution in [-0.4, -0.2) is 61.8 Å². The molecule has 28 heavy (non-hydrogen) atoms. The van der Waals surface area contributed by atoms with Gasteiger partial charge in [-0.2, -0.15) is 4.31 Å². The van der Waals surface area contributed by atoms with Crippen molar-refractivity contribution in [3.8, 4) is 0 Å². The van der Waals surface area contributed by atoms with Gasteiger partial charge in [-0.05, 0) is 70.7 Å². The molecule has 2 fully saturated rings. The second-order valence-corrected chi connectivity index (χ2v) is 10.3. The lowest BCUT2D eigenvalue weighted by Gasteiger charge is -2.35. The van der Waals surface area contributed by atoms with Gasteiger partial charge in [-0.3, -0.25) is 9.69 Å². The average Bonchev–Trinajstić information content (AvgIpc) is 3.17. The van der Waals surface area contributed by atoms with E-state index in [1.54, 1.807) is 24.3 Å². The molecular weight excluding hydrogens is 374 g/mol. The molecule has 7 heteroatoms. The Kier molecular flexibility index (Phi) is 6.78. The number of hydrogen-bond donors (Lipinski definition) is 1. The van der Waals surface area contributed by atoms with Crippen molar-refractivity contribution in [1.82, 2.24) is 14.5 Å². The smallest absolute Gasteiger partial charge is 0.243 e. The zero-order valence-electron chi connectivity index (χ0n) is 17.2. The van der Waals surface area contributed by atoms with Crippen LogP contribution in [0.25, 0.3) is 0 Å². The van der Waals surface area contributed by atoms with Crippen LogP contribution < -0.4 is 5.32 Å². The van der Waals surface area contributed by atoms with Crippen molar-refractivity contribution in [2.24, 2.45) is 5.92 Å². The predicted molar refractivity (Wildman–Crippen MR) is 111 cm³/mol. The SMILES string of the molecule is Cc1ccc(S(=O)(=O)N2CCC[C@H]2C(=O)NCC(C)N2CCC(C)CC2)cc1. The van der Waals surface area contributed by atoms with Gasteiger partial charge in [-0.25, -0.2) is 8.42 Å². The normalized spacial score (nSPS) is 23.6. The molecule has 0 spiro atoms. The molecule has 1 unspecified atom stereocenters. The van der Waals surface area contributed by atoms with E-state index in [0.29, 0.717) is 25.9 Å². The van der Waals surface area contributed by atoms with E-state index in [9.17, 15) is 13.2 Å². The molecule has 1 amide bonds. The maximum absolute atomic E-state index is 13.0. The number of rotatable bonds is 6.